The Balaban J connectivity index is 1.94. The highest BCUT2D eigenvalue weighted by Crippen LogP contribution is 2.17. The molecule has 1 N–H and O–H groups in total. The zero-order valence-corrected chi connectivity index (χ0v) is 9.58. The second-order valence-electron chi connectivity index (χ2n) is 4.33. The molecule has 0 unspecified atom stereocenters. The smallest absolute Gasteiger partial charge is 0.123 e. The lowest BCUT2D eigenvalue weighted by atomic mass is 10.0. The van der Waals surface area contributed by atoms with Crippen LogP contribution in [0.3, 0.4) is 0 Å². The van der Waals surface area contributed by atoms with Gasteiger partial charge in [-0.3, -0.25) is 0 Å². The summed E-state index contributed by atoms with van der Waals surface area (Å²) in [6.07, 6.45) is 2.08. The Morgan fingerprint density at radius 2 is 2.12 bits per heavy atom. The number of rotatable bonds is 3. The van der Waals surface area contributed by atoms with E-state index in [1.54, 1.807) is 12.1 Å². The molecule has 0 amide bonds. The molecule has 1 aromatic carbocycles. The van der Waals surface area contributed by atoms with Gasteiger partial charge in [-0.05, 0) is 37.5 Å². The molecule has 0 aromatic heterocycles. The van der Waals surface area contributed by atoms with Gasteiger partial charge in [0.2, 0.25) is 0 Å². The van der Waals surface area contributed by atoms with E-state index in [9.17, 15) is 4.39 Å². The van der Waals surface area contributed by atoms with Crippen molar-refractivity contribution in [3.63, 3.8) is 0 Å². The maximum Gasteiger partial charge on any atom is 0.123 e. The molecule has 16 heavy (non-hydrogen) atoms. The fraction of sp³-hybridized carbons (Fsp3) is 0.538. The normalized spacial score (nSPS) is 19.6. The topological polar surface area (TPSA) is 21.3 Å². The average molecular weight is 223 g/mol. The third-order valence-corrected chi connectivity index (χ3v) is 3.06. The van der Waals surface area contributed by atoms with Gasteiger partial charge >= 0.3 is 0 Å². The van der Waals surface area contributed by atoms with Crippen molar-refractivity contribution < 1.29 is 9.13 Å². The predicted octanol–water partition coefficient (Wildman–Crippen LogP) is 2.66. The standard InChI is InChI=1S/C13H18FNO/c1-10(11-3-2-4-12(14)9-11)15-13-5-7-16-8-6-13/h2-4,9-10,13,15H,5-8H2,1H3/t10-/m1/s1. The van der Waals surface area contributed by atoms with Gasteiger partial charge in [0.15, 0.2) is 0 Å². The van der Waals surface area contributed by atoms with E-state index in [2.05, 4.69) is 12.2 Å². The third-order valence-electron chi connectivity index (χ3n) is 3.06. The molecule has 1 aliphatic heterocycles. The maximum atomic E-state index is 13.1. The van der Waals surface area contributed by atoms with Crippen molar-refractivity contribution in [1.29, 1.82) is 0 Å². The Morgan fingerprint density at radius 1 is 1.38 bits per heavy atom. The minimum atomic E-state index is -0.168. The second-order valence-corrected chi connectivity index (χ2v) is 4.33. The average Bonchev–Trinajstić information content (AvgIpc) is 2.30. The zero-order chi connectivity index (χ0) is 11.4. The maximum absolute atomic E-state index is 13.1. The van der Waals surface area contributed by atoms with Crippen LogP contribution in [0, 0.1) is 5.82 Å². The Bertz CT molecular complexity index is 336. The minimum absolute atomic E-state index is 0.168. The molecule has 1 aromatic rings. The summed E-state index contributed by atoms with van der Waals surface area (Å²) in [6, 6.07) is 7.47. The molecule has 0 saturated carbocycles. The lowest BCUT2D eigenvalue weighted by molar-refractivity contribution is 0.0754. The van der Waals surface area contributed by atoms with Gasteiger partial charge in [-0.15, -0.1) is 0 Å². The highest BCUT2D eigenvalue weighted by Gasteiger charge is 2.16. The van der Waals surface area contributed by atoms with Gasteiger partial charge in [-0.1, -0.05) is 12.1 Å². The van der Waals surface area contributed by atoms with Crippen LogP contribution in [-0.4, -0.2) is 19.3 Å². The van der Waals surface area contributed by atoms with Crippen molar-refractivity contribution in [3.05, 3.63) is 35.6 Å². The number of benzene rings is 1. The van der Waals surface area contributed by atoms with Gasteiger partial charge in [0.05, 0.1) is 0 Å². The number of ether oxygens (including phenoxy) is 1. The summed E-state index contributed by atoms with van der Waals surface area (Å²) in [7, 11) is 0. The monoisotopic (exact) mass is 223 g/mol. The van der Waals surface area contributed by atoms with E-state index in [1.807, 2.05) is 6.07 Å². The molecule has 2 rings (SSSR count). The van der Waals surface area contributed by atoms with E-state index in [0.29, 0.717) is 6.04 Å². The van der Waals surface area contributed by atoms with Crippen molar-refractivity contribution >= 4 is 0 Å². The molecule has 2 nitrogen and oxygen atoms in total. The fourth-order valence-electron chi connectivity index (χ4n) is 2.09. The lowest BCUT2D eigenvalue weighted by Gasteiger charge is -2.27. The first-order chi connectivity index (χ1) is 7.75. The van der Waals surface area contributed by atoms with Gasteiger partial charge in [-0.25, -0.2) is 4.39 Å². The van der Waals surface area contributed by atoms with E-state index in [1.165, 1.54) is 6.07 Å². The lowest BCUT2D eigenvalue weighted by Crippen LogP contribution is -2.36. The summed E-state index contributed by atoms with van der Waals surface area (Å²) in [4.78, 5) is 0. The van der Waals surface area contributed by atoms with Crippen LogP contribution in [0.15, 0.2) is 24.3 Å². The first kappa shape index (κ1) is 11.6. The molecule has 88 valence electrons. The molecule has 1 fully saturated rings. The van der Waals surface area contributed by atoms with Gasteiger partial charge in [0.1, 0.15) is 5.82 Å². The molecule has 1 aliphatic rings. The molecule has 0 radical (unpaired) electrons. The summed E-state index contributed by atoms with van der Waals surface area (Å²) in [5.74, 6) is -0.168. The molecule has 1 saturated heterocycles. The highest BCUT2D eigenvalue weighted by molar-refractivity contribution is 5.19. The molecule has 3 heteroatoms. The van der Waals surface area contributed by atoms with Crippen molar-refractivity contribution in [2.24, 2.45) is 0 Å². The van der Waals surface area contributed by atoms with E-state index >= 15 is 0 Å². The molecular formula is C13H18FNO. The summed E-state index contributed by atoms with van der Waals surface area (Å²) in [6.45, 7) is 3.73. The number of hydrogen-bond acceptors (Lipinski definition) is 2. The van der Waals surface area contributed by atoms with Crippen molar-refractivity contribution in [2.75, 3.05) is 13.2 Å². The van der Waals surface area contributed by atoms with Gasteiger partial charge in [0, 0.05) is 25.3 Å². The number of hydrogen-bond donors (Lipinski definition) is 1. The zero-order valence-electron chi connectivity index (χ0n) is 9.58. The van der Waals surface area contributed by atoms with Crippen LogP contribution in [0.25, 0.3) is 0 Å². The summed E-state index contributed by atoms with van der Waals surface area (Å²) in [5, 5.41) is 3.52. The predicted molar refractivity (Wildman–Crippen MR) is 61.8 cm³/mol. The van der Waals surface area contributed by atoms with Crippen LogP contribution in [0.5, 0.6) is 0 Å². The SMILES string of the molecule is C[C@@H](NC1CCOCC1)c1cccc(F)c1. The van der Waals surface area contributed by atoms with Crippen molar-refractivity contribution in [2.45, 2.75) is 31.8 Å². The van der Waals surface area contributed by atoms with Crippen LogP contribution in [0.4, 0.5) is 4.39 Å². The van der Waals surface area contributed by atoms with E-state index in [4.69, 9.17) is 4.74 Å². The van der Waals surface area contributed by atoms with Crippen LogP contribution in [-0.2, 0) is 4.74 Å². The Labute approximate surface area is 95.8 Å². The van der Waals surface area contributed by atoms with Crippen LogP contribution in [0.2, 0.25) is 0 Å². The quantitative estimate of drug-likeness (QED) is 0.850. The molecule has 0 bridgehead atoms. The third kappa shape index (κ3) is 3.03. The van der Waals surface area contributed by atoms with Gasteiger partial charge in [0.25, 0.3) is 0 Å². The van der Waals surface area contributed by atoms with Gasteiger partial charge in [-0.2, -0.15) is 0 Å². The van der Waals surface area contributed by atoms with Crippen molar-refractivity contribution in [1.82, 2.24) is 5.32 Å². The second kappa shape index (κ2) is 5.41. The summed E-state index contributed by atoms with van der Waals surface area (Å²) < 4.78 is 18.4. The molecular weight excluding hydrogens is 205 g/mol. The molecule has 1 atom stereocenters. The number of halogens is 1. The highest BCUT2D eigenvalue weighted by atomic mass is 19.1. The Kier molecular flexibility index (Phi) is 3.91. The van der Waals surface area contributed by atoms with Crippen LogP contribution in [0.1, 0.15) is 31.4 Å². The Morgan fingerprint density at radius 3 is 2.81 bits per heavy atom. The summed E-state index contributed by atoms with van der Waals surface area (Å²) in [5.41, 5.74) is 1.01. The molecule has 0 aliphatic carbocycles. The number of nitrogens with one attached hydrogen (secondary N) is 1. The Hall–Kier alpha value is -0.930. The van der Waals surface area contributed by atoms with E-state index in [-0.39, 0.29) is 11.9 Å². The fourth-order valence-corrected chi connectivity index (χ4v) is 2.09. The molecule has 0 spiro atoms. The van der Waals surface area contributed by atoms with E-state index < -0.39 is 0 Å². The largest absolute Gasteiger partial charge is 0.381 e. The van der Waals surface area contributed by atoms with Crippen LogP contribution < -0.4 is 5.32 Å². The minimum Gasteiger partial charge on any atom is -0.381 e. The van der Waals surface area contributed by atoms with Gasteiger partial charge < -0.3 is 10.1 Å². The molecule has 1 heterocycles. The first-order valence-electron chi connectivity index (χ1n) is 5.85. The van der Waals surface area contributed by atoms with Crippen molar-refractivity contribution in [3.8, 4) is 0 Å². The first-order valence-corrected chi connectivity index (χ1v) is 5.85. The summed E-state index contributed by atoms with van der Waals surface area (Å²) >= 11 is 0. The van der Waals surface area contributed by atoms with E-state index in [0.717, 1.165) is 31.6 Å². The van der Waals surface area contributed by atoms with Crippen LogP contribution >= 0.6 is 0 Å².